The summed E-state index contributed by atoms with van der Waals surface area (Å²) in [7, 11) is 0. The van der Waals surface area contributed by atoms with E-state index in [9.17, 15) is 4.79 Å². The van der Waals surface area contributed by atoms with Crippen molar-refractivity contribution in [2.45, 2.75) is 4.90 Å². The smallest absolute Gasteiger partial charge is 0.355 e. The van der Waals surface area contributed by atoms with Crippen molar-refractivity contribution in [3.05, 3.63) is 52.4 Å². The Balaban J connectivity index is 2.22. The maximum absolute atomic E-state index is 11.8. The SMILES string of the molecule is CSc1cc(-c2cc3ccccc3s2)oc(=O)c1C#N. The number of rotatable bonds is 2. The van der Waals surface area contributed by atoms with Crippen LogP contribution in [0.2, 0.25) is 0 Å². The highest BCUT2D eigenvalue weighted by atomic mass is 32.2. The lowest BCUT2D eigenvalue weighted by Crippen LogP contribution is -2.05. The molecule has 0 atom stereocenters. The van der Waals surface area contributed by atoms with Crippen molar-refractivity contribution in [1.82, 2.24) is 0 Å². The number of thiophene rings is 1. The molecular formula is C15H9NO2S2. The number of benzene rings is 1. The van der Waals surface area contributed by atoms with Gasteiger partial charge < -0.3 is 4.42 Å². The van der Waals surface area contributed by atoms with Gasteiger partial charge in [-0.15, -0.1) is 23.1 Å². The van der Waals surface area contributed by atoms with Crippen LogP contribution in [0.5, 0.6) is 0 Å². The van der Waals surface area contributed by atoms with Crippen molar-refractivity contribution in [3.8, 4) is 16.7 Å². The fourth-order valence-corrected chi connectivity index (χ4v) is 3.53. The van der Waals surface area contributed by atoms with Gasteiger partial charge in [0.05, 0.1) is 4.88 Å². The largest absolute Gasteiger partial charge is 0.421 e. The highest BCUT2D eigenvalue weighted by Crippen LogP contribution is 2.34. The van der Waals surface area contributed by atoms with Crippen LogP contribution in [0.25, 0.3) is 20.7 Å². The molecule has 3 rings (SSSR count). The van der Waals surface area contributed by atoms with Gasteiger partial charge in [0, 0.05) is 9.60 Å². The quantitative estimate of drug-likeness (QED) is 0.668. The summed E-state index contributed by atoms with van der Waals surface area (Å²) in [6.45, 7) is 0. The van der Waals surface area contributed by atoms with Gasteiger partial charge >= 0.3 is 5.63 Å². The molecule has 0 spiro atoms. The fraction of sp³-hybridized carbons (Fsp3) is 0.0667. The Labute approximate surface area is 123 Å². The zero-order valence-corrected chi connectivity index (χ0v) is 12.2. The second-order valence-corrected chi connectivity index (χ2v) is 6.03. The summed E-state index contributed by atoms with van der Waals surface area (Å²) >= 11 is 2.94. The summed E-state index contributed by atoms with van der Waals surface area (Å²) in [6, 6.07) is 13.6. The van der Waals surface area contributed by atoms with E-state index in [-0.39, 0.29) is 5.56 Å². The Bertz CT molecular complexity index is 854. The van der Waals surface area contributed by atoms with Crippen molar-refractivity contribution < 1.29 is 4.42 Å². The van der Waals surface area contributed by atoms with Gasteiger partial charge in [-0.2, -0.15) is 5.26 Å². The molecule has 0 saturated carbocycles. The summed E-state index contributed by atoms with van der Waals surface area (Å²) < 4.78 is 6.42. The normalized spacial score (nSPS) is 10.6. The van der Waals surface area contributed by atoms with Crippen molar-refractivity contribution >= 4 is 33.2 Å². The molecule has 3 nitrogen and oxygen atoms in total. The van der Waals surface area contributed by atoms with Gasteiger partial charge in [-0.3, -0.25) is 0 Å². The minimum absolute atomic E-state index is 0.0716. The minimum atomic E-state index is -0.577. The third-order valence-electron chi connectivity index (χ3n) is 2.92. The summed E-state index contributed by atoms with van der Waals surface area (Å²) in [6.07, 6.45) is 1.84. The molecule has 0 saturated heterocycles. The van der Waals surface area contributed by atoms with E-state index in [0.29, 0.717) is 10.7 Å². The molecule has 0 aliphatic heterocycles. The Morgan fingerprint density at radius 2 is 2.10 bits per heavy atom. The van der Waals surface area contributed by atoms with E-state index < -0.39 is 5.63 Å². The molecule has 0 aliphatic rings. The predicted molar refractivity (Wildman–Crippen MR) is 82.3 cm³/mol. The van der Waals surface area contributed by atoms with Crippen molar-refractivity contribution in [2.75, 3.05) is 6.26 Å². The van der Waals surface area contributed by atoms with Crippen molar-refractivity contribution in [2.24, 2.45) is 0 Å². The van der Waals surface area contributed by atoms with Crippen molar-refractivity contribution in [3.63, 3.8) is 0 Å². The number of nitriles is 1. The summed E-state index contributed by atoms with van der Waals surface area (Å²) in [5.41, 5.74) is -0.505. The monoisotopic (exact) mass is 299 g/mol. The standard InChI is InChI=1S/C15H9NO2S2/c1-19-13-7-11(18-15(17)10(13)8-16)14-6-9-4-2-3-5-12(9)20-14/h2-7H,1H3. The number of hydrogen-bond acceptors (Lipinski definition) is 5. The maximum atomic E-state index is 11.8. The third kappa shape index (κ3) is 2.13. The van der Waals surface area contributed by atoms with E-state index in [1.165, 1.54) is 11.8 Å². The van der Waals surface area contributed by atoms with E-state index in [1.54, 1.807) is 17.4 Å². The molecule has 1 aromatic carbocycles. The van der Waals surface area contributed by atoms with Gasteiger partial charge in [-0.05, 0) is 29.8 Å². The van der Waals surface area contributed by atoms with Crippen LogP contribution in [0.4, 0.5) is 0 Å². The Kier molecular flexibility index (Phi) is 3.35. The first-order valence-corrected chi connectivity index (χ1v) is 7.88. The predicted octanol–water partition coefficient (Wildman–Crippen LogP) is 4.12. The first kappa shape index (κ1) is 13.0. The second kappa shape index (κ2) is 5.16. The van der Waals surface area contributed by atoms with E-state index in [2.05, 4.69) is 0 Å². The summed E-state index contributed by atoms with van der Waals surface area (Å²) in [5.74, 6) is 0.513. The molecule has 5 heteroatoms. The van der Waals surface area contributed by atoms with Gasteiger partial charge in [-0.1, -0.05) is 18.2 Å². The first-order valence-electron chi connectivity index (χ1n) is 5.84. The van der Waals surface area contributed by atoms with Crippen LogP contribution in [0.1, 0.15) is 5.56 Å². The maximum Gasteiger partial charge on any atom is 0.355 e. The highest BCUT2D eigenvalue weighted by Gasteiger charge is 2.13. The lowest BCUT2D eigenvalue weighted by atomic mass is 10.2. The van der Waals surface area contributed by atoms with Crippen LogP contribution in [-0.2, 0) is 0 Å². The minimum Gasteiger partial charge on any atom is -0.421 e. The lowest BCUT2D eigenvalue weighted by Gasteiger charge is -2.01. The fourth-order valence-electron chi connectivity index (χ4n) is 1.96. The van der Waals surface area contributed by atoms with Gasteiger partial charge in [0.15, 0.2) is 5.56 Å². The van der Waals surface area contributed by atoms with Crippen LogP contribution < -0.4 is 5.63 Å². The molecular weight excluding hydrogens is 290 g/mol. The van der Waals surface area contributed by atoms with Gasteiger partial charge in [0.2, 0.25) is 0 Å². The van der Waals surface area contributed by atoms with Gasteiger partial charge in [0.25, 0.3) is 0 Å². The van der Waals surface area contributed by atoms with Crippen LogP contribution in [0.3, 0.4) is 0 Å². The average Bonchev–Trinajstić information content (AvgIpc) is 2.90. The van der Waals surface area contributed by atoms with E-state index >= 15 is 0 Å². The number of hydrogen-bond donors (Lipinski definition) is 0. The number of nitrogens with zero attached hydrogens (tertiary/aromatic N) is 1. The average molecular weight is 299 g/mol. The lowest BCUT2D eigenvalue weighted by molar-refractivity contribution is 0.520. The molecule has 0 amide bonds. The molecule has 3 aromatic rings. The van der Waals surface area contributed by atoms with Crippen LogP contribution >= 0.6 is 23.1 Å². The molecule has 20 heavy (non-hydrogen) atoms. The zero-order valence-electron chi connectivity index (χ0n) is 10.5. The van der Waals surface area contributed by atoms with Crippen LogP contribution in [-0.4, -0.2) is 6.26 Å². The van der Waals surface area contributed by atoms with Crippen LogP contribution in [0.15, 0.2) is 50.5 Å². The molecule has 0 aliphatic carbocycles. The Morgan fingerprint density at radius 1 is 1.30 bits per heavy atom. The van der Waals surface area contributed by atoms with Gasteiger partial charge in [0.1, 0.15) is 11.8 Å². The highest BCUT2D eigenvalue weighted by molar-refractivity contribution is 7.98. The molecule has 98 valence electrons. The molecule has 2 heterocycles. The molecule has 0 fully saturated rings. The van der Waals surface area contributed by atoms with Crippen molar-refractivity contribution in [1.29, 1.82) is 5.26 Å². The Hall–Kier alpha value is -2.03. The topological polar surface area (TPSA) is 54.0 Å². The van der Waals surface area contributed by atoms with Crippen LogP contribution in [0, 0.1) is 11.3 Å². The zero-order chi connectivity index (χ0) is 14.1. The molecule has 0 radical (unpaired) electrons. The summed E-state index contributed by atoms with van der Waals surface area (Å²) in [5, 5.41) is 10.1. The van der Waals surface area contributed by atoms with E-state index in [1.807, 2.05) is 42.7 Å². The number of thioether (sulfide) groups is 1. The number of fused-ring (bicyclic) bond motifs is 1. The Morgan fingerprint density at radius 3 is 2.80 bits per heavy atom. The third-order valence-corrected chi connectivity index (χ3v) is 4.81. The van der Waals surface area contributed by atoms with E-state index in [0.717, 1.165) is 15.0 Å². The molecule has 2 aromatic heterocycles. The first-order chi connectivity index (χ1) is 9.72. The molecule has 0 N–H and O–H groups in total. The molecule has 0 unspecified atom stereocenters. The van der Waals surface area contributed by atoms with Gasteiger partial charge in [-0.25, -0.2) is 4.79 Å². The second-order valence-electron chi connectivity index (χ2n) is 4.10. The summed E-state index contributed by atoms with van der Waals surface area (Å²) in [4.78, 5) is 13.4. The molecule has 0 bridgehead atoms. The van der Waals surface area contributed by atoms with E-state index in [4.69, 9.17) is 9.68 Å².